The van der Waals surface area contributed by atoms with Gasteiger partial charge in [-0.3, -0.25) is 0 Å². The second kappa shape index (κ2) is 7.33. The zero-order valence-electron chi connectivity index (χ0n) is 16.5. The minimum absolute atomic E-state index is 0.420. The fourth-order valence-electron chi connectivity index (χ4n) is 4.69. The molecule has 0 aromatic carbocycles. The van der Waals surface area contributed by atoms with E-state index < -0.39 is 16.8 Å². The Hall–Kier alpha value is -0.610. The fraction of sp³-hybridized carbons (Fsp3) is 0.950. The van der Waals surface area contributed by atoms with Crippen molar-refractivity contribution in [3.05, 3.63) is 5.21 Å². The summed E-state index contributed by atoms with van der Waals surface area (Å²) in [5.41, 5.74) is -1.32. The molecule has 1 fully saturated rings. The molecule has 1 aliphatic carbocycles. The van der Waals surface area contributed by atoms with Crippen LogP contribution >= 0.6 is 0 Å². The van der Waals surface area contributed by atoms with Crippen molar-refractivity contribution >= 4 is 5.71 Å². The molecule has 2 aliphatic rings. The third kappa shape index (κ3) is 3.65. The van der Waals surface area contributed by atoms with Gasteiger partial charge in [0.1, 0.15) is 11.1 Å². The highest BCUT2D eigenvalue weighted by Crippen LogP contribution is 2.40. The predicted octanol–water partition coefficient (Wildman–Crippen LogP) is 4.43. The van der Waals surface area contributed by atoms with Gasteiger partial charge in [0.15, 0.2) is 0 Å². The smallest absolute Gasteiger partial charge is 0.224 e. The second-order valence-electron chi connectivity index (χ2n) is 8.97. The third-order valence-electron chi connectivity index (χ3n) is 6.56. The molecule has 4 heteroatoms. The molecule has 2 rings (SSSR count). The Morgan fingerprint density at radius 3 is 1.54 bits per heavy atom. The molecule has 4 nitrogen and oxygen atoms in total. The molecule has 0 spiro atoms. The standard InChI is InChI=1S/C20H38N2O2/c1-18(2)17(22(24)19(3,4)21(18)5)20(23)15-13-11-9-7-6-8-10-12-14-16-20/h23H,6-16H2,1-5H3. The van der Waals surface area contributed by atoms with E-state index >= 15 is 0 Å². The summed E-state index contributed by atoms with van der Waals surface area (Å²) in [6, 6.07) is 0. The first-order valence-corrected chi connectivity index (χ1v) is 9.95. The van der Waals surface area contributed by atoms with Crippen LogP contribution in [0.2, 0.25) is 0 Å². The van der Waals surface area contributed by atoms with Gasteiger partial charge in [0, 0.05) is 13.8 Å². The summed E-state index contributed by atoms with van der Waals surface area (Å²) in [6.07, 6.45) is 12.2. The Bertz CT molecular complexity index is 456. The van der Waals surface area contributed by atoms with E-state index in [9.17, 15) is 10.3 Å². The number of hydrogen-bond acceptors (Lipinski definition) is 3. The molecular formula is C20H38N2O2. The molecule has 1 N–H and O–H groups in total. The molecule has 0 saturated heterocycles. The lowest BCUT2D eigenvalue weighted by Gasteiger charge is -2.35. The SMILES string of the molecule is CN1C(C)(C)C(C2(O)CCCCCCCCCCC2)=[N+]([O-])C1(C)C. The van der Waals surface area contributed by atoms with Gasteiger partial charge in [0.25, 0.3) is 0 Å². The average Bonchev–Trinajstić information content (AvgIpc) is 2.61. The molecular weight excluding hydrogens is 300 g/mol. The first-order chi connectivity index (χ1) is 11.1. The topological polar surface area (TPSA) is 49.5 Å². The molecule has 0 unspecified atom stereocenters. The maximum absolute atomic E-state index is 13.1. The van der Waals surface area contributed by atoms with Crippen molar-refractivity contribution in [1.82, 2.24) is 4.90 Å². The van der Waals surface area contributed by atoms with Crippen molar-refractivity contribution in [3.8, 4) is 0 Å². The van der Waals surface area contributed by atoms with E-state index in [1.54, 1.807) is 0 Å². The number of hydrogen-bond donors (Lipinski definition) is 1. The van der Waals surface area contributed by atoms with Crippen LogP contribution in [0.3, 0.4) is 0 Å². The van der Waals surface area contributed by atoms with Crippen LogP contribution < -0.4 is 0 Å². The summed E-state index contributed by atoms with van der Waals surface area (Å²) in [6.45, 7) is 8.06. The normalized spacial score (nSPS) is 29.1. The van der Waals surface area contributed by atoms with Gasteiger partial charge in [0.2, 0.25) is 11.4 Å². The van der Waals surface area contributed by atoms with Gasteiger partial charge >= 0.3 is 0 Å². The average molecular weight is 339 g/mol. The predicted molar refractivity (Wildman–Crippen MR) is 100 cm³/mol. The number of hydroxylamine groups is 1. The highest BCUT2D eigenvalue weighted by Gasteiger charge is 2.60. The minimum atomic E-state index is -0.966. The molecule has 0 bridgehead atoms. The molecule has 0 atom stereocenters. The summed E-state index contributed by atoms with van der Waals surface area (Å²) in [4.78, 5) is 2.11. The van der Waals surface area contributed by atoms with Gasteiger partial charge < -0.3 is 10.3 Å². The quantitative estimate of drug-likeness (QED) is 0.568. The van der Waals surface area contributed by atoms with E-state index in [1.807, 2.05) is 20.9 Å². The maximum Gasteiger partial charge on any atom is 0.224 e. The van der Waals surface area contributed by atoms with Crippen molar-refractivity contribution in [1.29, 1.82) is 0 Å². The molecule has 0 amide bonds. The van der Waals surface area contributed by atoms with Crippen molar-refractivity contribution in [3.63, 3.8) is 0 Å². The molecule has 1 aliphatic heterocycles. The summed E-state index contributed by atoms with van der Waals surface area (Å²) < 4.78 is 1.11. The van der Waals surface area contributed by atoms with Gasteiger partial charge in [-0.05, 0) is 33.7 Å². The van der Waals surface area contributed by atoms with E-state index in [0.29, 0.717) is 18.6 Å². The van der Waals surface area contributed by atoms with E-state index in [4.69, 9.17) is 0 Å². The first kappa shape index (κ1) is 19.7. The van der Waals surface area contributed by atoms with Gasteiger partial charge in [-0.15, -0.1) is 0 Å². The van der Waals surface area contributed by atoms with Crippen molar-refractivity contribution in [2.75, 3.05) is 7.05 Å². The number of aliphatic hydroxyl groups is 1. The lowest BCUT2D eigenvalue weighted by Crippen LogP contribution is -2.55. The van der Waals surface area contributed by atoms with Crippen LogP contribution in [-0.4, -0.2) is 44.3 Å². The molecule has 0 aromatic rings. The Kier molecular flexibility index (Phi) is 6.02. The number of nitrogens with zero attached hydrogens (tertiary/aromatic N) is 2. The monoisotopic (exact) mass is 338 g/mol. The Balaban J connectivity index is 2.30. The number of rotatable bonds is 1. The first-order valence-electron chi connectivity index (χ1n) is 9.95. The van der Waals surface area contributed by atoms with E-state index in [2.05, 4.69) is 18.7 Å². The van der Waals surface area contributed by atoms with Crippen LogP contribution in [0.15, 0.2) is 0 Å². The molecule has 1 saturated carbocycles. The second-order valence-corrected chi connectivity index (χ2v) is 8.97. The highest BCUT2D eigenvalue weighted by molar-refractivity contribution is 5.97. The van der Waals surface area contributed by atoms with Gasteiger partial charge in [-0.2, -0.15) is 4.74 Å². The summed E-state index contributed by atoms with van der Waals surface area (Å²) in [7, 11) is 2.00. The summed E-state index contributed by atoms with van der Waals surface area (Å²) in [5, 5.41) is 24.7. The summed E-state index contributed by atoms with van der Waals surface area (Å²) in [5.74, 6) is 0. The van der Waals surface area contributed by atoms with Crippen molar-refractivity contribution in [2.45, 2.75) is 115 Å². The zero-order valence-corrected chi connectivity index (χ0v) is 16.5. The molecule has 140 valence electrons. The van der Waals surface area contributed by atoms with Crippen LogP contribution in [0.1, 0.15) is 98.3 Å². The Morgan fingerprint density at radius 1 is 0.833 bits per heavy atom. The molecule has 24 heavy (non-hydrogen) atoms. The van der Waals surface area contributed by atoms with Gasteiger partial charge in [-0.1, -0.05) is 57.8 Å². The Labute approximate surface area is 148 Å². The molecule has 0 aromatic heterocycles. The lowest BCUT2D eigenvalue weighted by molar-refractivity contribution is -0.559. The summed E-state index contributed by atoms with van der Waals surface area (Å²) >= 11 is 0. The fourth-order valence-corrected chi connectivity index (χ4v) is 4.69. The van der Waals surface area contributed by atoms with Crippen LogP contribution in [0.25, 0.3) is 0 Å². The highest BCUT2D eigenvalue weighted by atomic mass is 16.5. The third-order valence-corrected chi connectivity index (χ3v) is 6.56. The minimum Gasteiger partial charge on any atom is -0.622 e. The zero-order chi connectivity index (χ0) is 18.0. The molecule has 0 radical (unpaired) electrons. The van der Waals surface area contributed by atoms with Crippen LogP contribution in [0, 0.1) is 5.21 Å². The van der Waals surface area contributed by atoms with Gasteiger partial charge in [0.05, 0.1) is 0 Å². The van der Waals surface area contributed by atoms with Crippen LogP contribution in [0.5, 0.6) is 0 Å². The van der Waals surface area contributed by atoms with E-state index in [0.717, 1.165) is 30.4 Å². The van der Waals surface area contributed by atoms with Crippen molar-refractivity contribution in [2.24, 2.45) is 0 Å². The lowest BCUT2D eigenvalue weighted by atomic mass is 9.77. The van der Waals surface area contributed by atoms with Crippen LogP contribution in [0.4, 0.5) is 0 Å². The van der Waals surface area contributed by atoms with Gasteiger partial charge in [-0.25, -0.2) is 4.90 Å². The van der Waals surface area contributed by atoms with Crippen molar-refractivity contribution < 1.29 is 9.85 Å². The maximum atomic E-state index is 13.1. The van der Waals surface area contributed by atoms with E-state index in [-0.39, 0.29) is 0 Å². The molecule has 1 heterocycles. The largest absolute Gasteiger partial charge is 0.622 e. The van der Waals surface area contributed by atoms with E-state index in [1.165, 1.54) is 32.1 Å². The van der Waals surface area contributed by atoms with Crippen LogP contribution in [-0.2, 0) is 0 Å². The Morgan fingerprint density at radius 2 is 1.21 bits per heavy atom.